The Balaban J connectivity index is 2.54. The van der Waals surface area contributed by atoms with E-state index in [1.54, 1.807) is 0 Å². The molecule has 1 atom stereocenters. The van der Waals surface area contributed by atoms with Crippen molar-refractivity contribution in [3.8, 4) is 0 Å². The number of carbonyl (C=O) groups is 1. The molecule has 1 aliphatic rings. The summed E-state index contributed by atoms with van der Waals surface area (Å²) in [6.45, 7) is 4.10. The van der Waals surface area contributed by atoms with Crippen molar-refractivity contribution in [3.05, 3.63) is 11.6 Å². The molecule has 0 radical (unpaired) electrons. The number of rotatable bonds is 3. The number of carboxylic acids is 1. The third kappa shape index (κ3) is 3.17. The standard InChI is InChI=1S/C12H20O2/c1-9(8-12(13)14)10(2)11-6-4-3-5-7-11/h8,10-11H,3-7H2,1-2H3,(H,13,14). The van der Waals surface area contributed by atoms with Crippen molar-refractivity contribution in [2.24, 2.45) is 11.8 Å². The molecule has 1 aliphatic carbocycles. The van der Waals surface area contributed by atoms with E-state index in [4.69, 9.17) is 5.11 Å². The van der Waals surface area contributed by atoms with Crippen LogP contribution in [0.2, 0.25) is 0 Å². The fraction of sp³-hybridized carbons (Fsp3) is 0.750. The highest BCUT2D eigenvalue weighted by atomic mass is 16.4. The van der Waals surface area contributed by atoms with Crippen molar-refractivity contribution >= 4 is 5.97 Å². The second-order valence-corrected chi connectivity index (χ2v) is 4.41. The smallest absolute Gasteiger partial charge is 0.328 e. The maximum absolute atomic E-state index is 10.5. The SMILES string of the molecule is CC(=CC(=O)O)C(C)C1CCCCC1. The van der Waals surface area contributed by atoms with E-state index in [1.807, 2.05) is 6.92 Å². The van der Waals surface area contributed by atoms with Crippen molar-refractivity contribution in [2.75, 3.05) is 0 Å². The van der Waals surface area contributed by atoms with Gasteiger partial charge in [0.25, 0.3) is 0 Å². The molecule has 80 valence electrons. The van der Waals surface area contributed by atoms with Gasteiger partial charge in [-0.05, 0) is 31.6 Å². The topological polar surface area (TPSA) is 37.3 Å². The van der Waals surface area contributed by atoms with Crippen LogP contribution in [0.5, 0.6) is 0 Å². The molecule has 0 aromatic carbocycles. The molecule has 0 aromatic heterocycles. The molecule has 2 nitrogen and oxygen atoms in total. The third-order valence-corrected chi connectivity index (χ3v) is 3.43. The Hall–Kier alpha value is -0.790. The first-order valence-corrected chi connectivity index (χ1v) is 5.52. The summed E-state index contributed by atoms with van der Waals surface area (Å²) in [7, 11) is 0. The number of carboxylic acid groups (broad SMARTS) is 1. The summed E-state index contributed by atoms with van der Waals surface area (Å²) in [5.41, 5.74) is 1.02. The minimum absolute atomic E-state index is 0.436. The van der Waals surface area contributed by atoms with Gasteiger partial charge in [-0.1, -0.05) is 31.8 Å². The predicted molar refractivity (Wildman–Crippen MR) is 57.1 cm³/mol. The lowest BCUT2D eigenvalue weighted by molar-refractivity contribution is -0.131. The largest absolute Gasteiger partial charge is 0.478 e. The van der Waals surface area contributed by atoms with Gasteiger partial charge < -0.3 is 5.11 Å². The molecular weight excluding hydrogens is 176 g/mol. The molecule has 1 N–H and O–H groups in total. The molecule has 0 aliphatic heterocycles. The highest BCUT2D eigenvalue weighted by molar-refractivity contribution is 5.80. The van der Waals surface area contributed by atoms with Crippen molar-refractivity contribution in [1.82, 2.24) is 0 Å². The zero-order valence-corrected chi connectivity index (χ0v) is 9.12. The summed E-state index contributed by atoms with van der Waals surface area (Å²) in [5.74, 6) is 0.330. The molecule has 1 fully saturated rings. The van der Waals surface area contributed by atoms with E-state index in [-0.39, 0.29) is 0 Å². The second kappa shape index (κ2) is 5.18. The van der Waals surface area contributed by atoms with Gasteiger partial charge in [-0.15, -0.1) is 0 Å². The number of hydrogen-bond acceptors (Lipinski definition) is 1. The van der Waals surface area contributed by atoms with Crippen LogP contribution in [0.1, 0.15) is 46.0 Å². The van der Waals surface area contributed by atoms with Crippen molar-refractivity contribution in [3.63, 3.8) is 0 Å². The Labute approximate surface area is 86.0 Å². The van der Waals surface area contributed by atoms with Crippen LogP contribution in [0.15, 0.2) is 11.6 Å². The number of aliphatic carboxylic acids is 1. The monoisotopic (exact) mass is 196 g/mol. The van der Waals surface area contributed by atoms with Gasteiger partial charge in [-0.3, -0.25) is 0 Å². The van der Waals surface area contributed by atoms with Crippen molar-refractivity contribution < 1.29 is 9.90 Å². The zero-order chi connectivity index (χ0) is 10.6. The lowest BCUT2D eigenvalue weighted by Crippen LogP contribution is -2.16. The van der Waals surface area contributed by atoms with Gasteiger partial charge in [0.05, 0.1) is 0 Å². The van der Waals surface area contributed by atoms with Crippen LogP contribution < -0.4 is 0 Å². The predicted octanol–water partition coefficient (Wildman–Crippen LogP) is 3.23. The van der Waals surface area contributed by atoms with Gasteiger partial charge in [-0.25, -0.2) is 4.79 Å². The van der Waals surface area contributed by atoms with E-state index >= 15 is 0 Å². The lowest BCUT2D eigenvalue weighted by atomic mass is 9.78. The highest BCUT2D eigenvalue weighted by Crippen LogP contribution is 2.33. The zero-order valence-electron chi connectivity index (χ0n) is 9.12. The Morgan fingerprint density at radius 3 is 2.43 bits per heavy atom. The minimum atomic E-state index is -0.815. The Kier molecular flexibility index (Phi) is 4.18. The van der Waals surface area contributed by atoms with Crippen LogP contribution in [-0.2, 0) is 4.79 Å². The average Bonchev–Trinajstić information content (AvgIpc) is 2.17. The quantitative estimate of drug-likeness (QED) is 0.703. The van der Waals surface area contributed by atoms with Crippen LogP contribution in [-0.4, -0.2) is 11.1 Å². The van der Waals surface area contributed by atoms with Gasteiger partial charge >= 0.3 is 5.97 Å². The normalized spacial score (nSPS) is 22.0. The van der Waals surface area contributed by atoms with Gasteiger partial charge in [0, 0.05) is 6.08 Å². The van der Waals surface area contributed by atoms with Gasteiger partial charge in [0.1, 0.15) is 0 Å². The van der Waals surface area contributed by atoms with Crippen LogP contribution in [0, 0.1) is 11.8 Å². The maximum atomic E-state index is 10.5. The Morgan fingerprint density at radius 2 is 1.93 bits per heavy atom. The molecule has 1 rings (SSSR count). The highest BCUT2D eigenvalue weighted by Gasteiger charge is 2.21. The second-order valence-electron chi connectivity index (χ2n) is 4.41. The van der Waals surface area contributed by atoms with Crippen LogP contribution >= 0.6 is 0 Å². The Bertz CT molecular complexity index is 224. The molecule has 0 amide bonds. The minimum Gasteiger partial charge on any atom is -0.478 e. The molecule has 2 heteroatoms. The first-order chi connectivity index (χ1) is 6.61. The molecule has 1 saturated carbocycles. The van der Waals surface area contributed by atoms with Crippen molar-refractivity contribution in [1.29, 1.82) is 0 Å². The molecule has 0 spiro atoms. The van der Waals surface area contributed by atoms with Crippen LogP contribution in [0.25, 0.3) is 0 Å². The summed E-state index contributed by atoms with van der Waals surface area (Å²) >= 11 is 0. The van der Waals surface area contributed by atoms with Crippen molar-refractivity contribution in [2.45, 2.75) is 46.0 Å². The van der Waals surface area contributed by atoms with Gasteiger partial charge in [-0.2, -0.15) is 0 Å². The van der Waals surface area contributed by atoms with E-state index < -0.39 is 5.97 Å². The average molecular weight is 196 g/mol. The molecule has 14 heavy (non-hydrogen) atoms. The number of hydrogen-bond donors (Lipinski definition) is 1. The first-order valence-electron chi connectivity index (χ1n) is 5.52. The fourth-order valence-corrected chi connectivity index (χ4v) is 2.33. The summed E-state index contributed by atoms with van der Waals surface area (Å²) in [6, 6.07) is 0. The third-order valence-electron chi connectivity index (χ3n) is 3.43. The molecule has 0 heterocycles. The van der Waals surface area contributed by atoms with Gasteiger partial charge in [0.15, 0.2) is 0 Å². The molecule has 0 aromatic rings. The van der Waals surface area contributed by atoms with Gasteiger partial charge in [0.2, 0.25) is 0 Å². The summed E-state index contributed by atoms with van der Waals surface area (Å²) < 4.78 is 0. The number of allylic oxidation sites excluding steroid dienone is 1. The Morgan fingerprint density at radius 1 is 1.36 bits per heavy atom. The van der Waals surface area contributed by atoms with E-state index in [0.717, 1.165) is 5.57 Å². The molecule has 0 bridgehead atoms. The van der Waals surface area contributed by atoms with E-state index in [1.165, 1.54) is 38.2 Å². The maximum Gasteiger partial charge on any atom is 0.328 e. The van der Waals surface area contributed by atoms with E-state index in [0.29, 0.717) is 11.8 Å². The van der Waals surface area contributed by atoms with Crippen LogP contribution in [0.4, 0.5) is 0 Å². The molecule has 0 saturated heterocycles. The lowest BCUT2D eigenvalue weighted by Gasteiger charge is -2.28. The van der Waals surface area contributed by atoms with E-state index in [2.05, 4.69) is 6.92 Å². The summed E-state index contributed by atoms with van der Waals surface area (Å²) in [6.07, 6.45) is 7.88. The first kappa shape index (κ1) is 11.3. The van der Waals surface area contributed by atoms with E-state index in [9.17, 15) is 4.79 Å². The molecular formula is C12H20O2. The fourth-order valence-electron chi connectivity index (χ4n) is 2.33. The summed E-state index contributed by atoms with van der Waals surface area (Å²) in [5, 5.41) is 8.65. The van der Waals surface area contributed by atoms with Crippen LogP contribution in [0.3, 0.4) is 0 Å². The molecule has 1 unspecified atom stereocenters. The summed E-state index contributed by atoms with van der Waals surface area (Å²) in [4.78, 5) is 10.5.